The zero-order valence-corrected chi connectivity index (χ0v) is 12.4. The van der Waals surface area contributed by atoms with Crippen LogP contribution in [-0.2, 0) is 16.4 Å². The molecule has 102 valence electrons. The Labute approximate surface area is 112 Å². The largest absolute Gasteiger partial charge is 0.343 e. The van der Waals surface area contributed by atoms with Crippen molar-refractivity contribution < 1.29 is 8.42 Å². The van der Waals surface area contributed by atoms with Gasteiger partial charge in [0.25, 0.3) is 0 Å². The lowest BCUT2D eigenvalue weighted by Gasteiger charge is -2.32. The first-order chi connectivity index (χ1) is 8.52. The quantitative estimate of drug-likeness (QED) is 0.891. The molecule has 0 aliphatic carbocycles. The summed E-state index contributed by atoms with van der Waals surface area (Å²) in [5.41, 5.74) is 0. The number of nitrogens with one attached hydrogen (secondary N) is 1. The van der Waals surface area contributed by atoms with Gasteiger partial charge in [-0.15, -0.1) is 11.3 Å². The minimum atomic E-state index is -2.86. The molecule has 5 nitrogen and oxygen atoms in total. The summed E-state index contributed by atoms with van der Waals surface area (Å²) in [6, 6.07) is 0.0156. The fourth-order valence-corrected chi connectivity index (χ4v) is 4.61. The molecule has 1 aliphatic rings. The number of sulfone groups is 1. The summed E-state index contributed by atoms with van der Waals surface area (Å²) < 4.78 is 23.1. The van der Waals surface area contributed by atoms with Crippen molar-refractivity contribution in [2.75, 3.05) is 29.5 Å². The monoisotopic (exact) mass is 289 g/mol. The van der Waals surface area contributed by atoms with Crippen molar-refractivity contribution in [2.24, 2.45) is 0 Å². The van der Waals surface area contributed by atoms with E-state index in [2.05, 4.69) is 22.1 Å². The van der Waals surface area contributed by atoms with E-state index in [1.807, 2.05) is 13.1 Å². The van der Waals surface area contributed by atoms with Crippen LogP contribution in [0.5, 0.6) is 0 Å². The van der Waals surface area contributed by atoms with Crippen molar-refractivity contribution in [3.63, 3.8) is 0 Å². The normalized spacial score (nSPS) is 23.2. The summed E-state index contributed by atoms with van der Waals surface area (Å²) in [5.74, 6) is 0.467. The van der Waals surface area contributed by atoms with Gasteiger partial charge in [0.1, 0.15) is 0 Å². The molecule has 0 bridgehead atoms. The number of thiazole rings is 1. The zero-order valence-electron chi connectivity index (χ0n) is 10.7. The molecule has 0 aromatic carbocycles. The second-order valence-corrected chi connectivity index (χ2v) is 7.87. The smallest absolute Gasteiger partial charge is 0.185 e. The van der Waals surface area contributed by atoms with Crippen molar-refractivity contribution in [2.45, 2.75) is 26.4 Å². The topological polar surface area (TPSA) is 62.3 Å². The molecule has 0 radical (unpaired) electrons. The highest BCUT2D eigenvalue weighted by Crippen LogP contribution is 2.26. The summed E-state index contributed by atoms with van der Waals surface area (Å²) in [6.07, 6.45) is 1.87. The van der Waals surface area contributed by atoms with Crippen LogP contribution < -0.4 is 10.2 Å². The Kier molecular flexibility index (Phi) is 4.24. The van der Waals surface area contributed by atoms with Crippen LogP contribution in [0.4, 0.5) is 5.13 Å². The SMILES string of the molecule is CCNCc1cnc(N2CCS(=O)(=O)CC2C)s1. The highest BCUT2D eigenvalue weighted by molar-refractivity contribution is 7.91. The Morgan fingerprint density at radius 3 is 3.06 bits per heavy atom. The molecule has 1 unspecified atom stereocenters. The Bertz CT molecular complexity index is 498. The third-order valence-corrected chi connectivity index (χ3v) is 5.84. The molecule has 18 heavy (non-hydrogen) atoms. The molecule has 1 fully saturated rings. The van der Waals surface area contributed by atoms with E-state index in [4.69, 9.17) is 0 Å². The van der Waals surface area contributed by atoms with Gasteiger partial charge in [0.2, 0.25) is 0 Å². The molecule has 2 rings (SSSR count). The minimum Gasteiger partial charge on any atom is -0.343 e. The molecular formula is C11H19N3O2S2. The first-order valence-corrected chi connectivity index (χ1v) is 8.78. The lowest BCUT2D eigenvalue weighted by atomic mass is 10.3. The second kappa shape index (κ2) is 5.54. The Balaban J connectivity index is 2.05. The van der Waals surface area contributed by atoms with Crippen molar-refractivity contribution >= 4 is 26.3 Å². The molecule has 1 saturated heterocycles. The van der Waals surface area contributed by atoms with Crippen molar-refractivity contribution in [1.29, 1.82) is 0 Å². The summed E-state index contributed by atoms with van der Waals surface area (Å²) in [7, 11) is -2.86. The van der Waals surface area contributed by atoms with E-state index in [-0.39, 0.29) is 17.5 Å². The van der Waals surface area contributed by atoms with Crippen LogP contribution >= 0.6 is 11.3 Å². The zero-order chi connectivity index (χ0) is 13.2. The Hall–Kier alpha value is -0.660. The highest BCUT2D eigenvalue weighted by atomic mass is 32.2. The lowest BCUT2D eigenvalue weighted by Crippen LogP contribution is -2.46. The van der Waals surface area contributed by atoms with Crippen LogP contribution in [0.15, 0.2) is 6.20 Å². The van der Waals surface area contributed by atoms with Crippen LogP contribution in [0, 0.1) is 0 Å². The molecule has 2 heterocycles. The van der Waals surface area contributed by atoms with E-state index in [1.165, 1.54) is 4.88 Å². The van der Waals surface area contributed by atoms with Gasteiger partial charge in [0, 0.05) is 30.2 Å². The van der Waals surface area contributed by atoms with Crippen molar-refractivity contribution in [1.82, 2.24) is 10.3 Å². The van der Waals surface area contributed by atoms with E-state index < -0.39 is 9.84 Å². The Morgan fingerprint density at radius 2 is 2.39 bits per heavy atom. The standard InChI is InChI=1S/C11H19N3O2S2/c1-3-12-6-10-7-13-11(17-10)14-4-5-18(15,16)8-9(14)2/h7,9,12H,3-6,8H2,1-2H3. The van der Waals surface area contributed by atoms with Gasteiger partial charge in [-0.2, -0.15) is 0 Å². The number of nitrogens with zero attached hydrogens (tertiary/aromatic N) is 2. The maximum Gasteiger partial charge on any atom is 0.185 e. The van der Waals surface area contributed by atoms with E-state index in [1.54, 1.807) is 11.3 Å². The van der Waals surface area contributed by atoms with E-state index in [9.17, 15) is 8.42 Å². The number of aromatic nitrogens is 1. The summed E-state index contributed by atoms with van der Waals surface area (Å²) in [5, 5.41) is 4.20. The third kappa shape index (κ3) is 3.21. The van der Waals surface area contributed by atoms with Gasteiger partial charge in [-0.3, -0.25) is 0 Å². The van der Waals surface area contributed by atoms with Gasteiger partial charge in [0.15, 0.2) is 15.0 Å². The van der Waals surface area contributed by atoms with Crippen LogP contribution in [0.25, 0.3) is 0 Å². The average molecular weight is 289 g/mol. The van der Waals surface area contributed by atoms with Gasteiger partial charge in [0.05, 0.1) is 11.5 Å². The van der Waals surface area contributed by atoms with Crippen LogP contribution in [-0.4, -0.2) is 44.0 Å². The predicted molar refractivity (Wildman–Crippen MR) is 75.0 cm³/mol. The molecule has 1 aromatic rings. The first kappa shape index (κ1) is 13.8. The fraction of sp³-hybridized carbons (Fsp3) is 0.727. The van der Waals surface area contributed by atoms with Gasteiger partial charge in [-0.25, -0.2) is 13.4 Å². The lowest BCUT2D eigenvalue weighted by molar-refractivity contribution is 0.568. The van der Waals surface area contributed by atoms with Gasteiger partial charge in [-0.1, -0.05) is 6.92 Å². The fourth-order valence-electron chi connectivity index (χ4n) is 2.04. The predicted octanol–water partition coefficient (Wildman–Crippen LogP) is 0.876. The summed E-state index contributed by atoms with van der Waals surface area (Å²) in [6.45, 7) is 6.33. The maximum atomic E-state index is 11.5. The van der Waals surface area contributed by atoms with E-state index in [0.717, 1.165) is 18.2 Å². The number of hydrogen-bond donors (Lipinski definition) is 1. The Morgan fingerprint density at radius 1 is 1.61 bits per heavy atom. The number of hydrogen-bond acceptors (Lipinski definition) is 6. The van der Waals surface area contributed by atoms with Crippen LogP contribution in [0.1, 0.15) is 18.7 Å². The van der Waals surface area contributed by atoms with Gasteiger partial charge >= 0.3 is 0 Å². The van der Waals surface area contributed by atoms with E-state index >= 15 is 0 Å². The van der Waals surface area contributed by atoms with Gasteiger partial charge in [-0.05, 0) is 13.5 Å². The molecule has 0 amide bonds. The second-order valence-electron chi connectivity index (χ2n) is 4.55. The van der Waals surface area contributed by atoms with Crippen LogP contribution in [0.2, 0.25) is 0 Å². The first-order valence-electron chi connectivity index (χ1n) is 6.14. The molecule has 0 saturated carbocycles. The van der Waals surface area contributed by atoms with Gasteiger partial charge < -0.3 is 10.2 Å². The minimum absolute atomic E-state index is 0.0156. The molecule has 1 atom stereocenters. The summed E-state index contributed by atoms with van der Waals surface area (Å²) in [4.78, 5) is 7.69. The number of anilines is 1. The molecule has 7 heteroatoms. The highest BCUT2D eigenvalue weighted by Gasteiger charge is 2.29. The molecule has 1 aromatic heterocycles. The van der Waals surface area contributed by atoms with Crippen molar-refractivity contribution in [3.05, 3.63) is 11.1 Å². The summed E-state index contributed by atoms with van der Waals surface area (Å²) >= 11 is 1.64. The molecule has 0 spiro atoms. The molecule has 1 aliphatic heterocycles. The molecule has 1 N–H and O–H groups in total. The number of rotatable bonds is 4. The van der Waals surface area contributed by atoms with Crippen LogP contribution in [0.3, 0.4) is 0 Å². The maximum absolute atomic E-state index is 11.5. The third-order valence-electron chi connectivity index (χ3n) is 3.01. The molecular weight excluding hydrogens is 270 g/mol. The van der Waals surface area contributed by atoms with Crippen molar-refractivity contribution in [3.8, 4) is 0 Å². The average Bonchev–Trinajstić information content (AvgIpc) is 2.73. The van der Waals surface area contributed by atoms with E-state index in [0.29, 0.717) is 6.54 Å².